The first-order valence-corrected chi connectivity index (χ1v) is 11.4. The normalized spacial score (nSPS) is 12.1. The standard InChI is InChI=1S/C25H25N3O3S/c1-3-4-8-15-31-20-13-11-19(16-21(20)30-2)17-22-24(29)28-25(32-22)26-23(27-28)14-12-18-9-6-5-7-10-18/h5-7,9-14,16-17H,3-4,8,15H2,1-2H3/b14-12+,22-17-. The first-order valence-electron chi connectivity index (χ1n) is 10.6. The van der Waals surface area contributed by atoms with Gasteiger partial charge in [0.05, 0.1) is 18.2 Å². The van der Waals surface area contributed by atoms with Gasteiger partial charge in [-0.1, -0.05) is 73.6 Å². The predicted octanol–water partition coefficient (Wildman–Crippen LogP) is 4.45. The average Bonchev–Trinajstić information content (AvgIpc) is 3.35. The third-order valence-corrected chi connectivity index (χ3v) is 5.87. The van der Waals surface area contributed by atoms with Crippen molar-refractivity contribution < 1.29 is 9.47 Å². The first kappa shape index (κ1) is 21.8. The lowest BCUT2D eigenvalue weighted by atomic mass is 10.2. The van der Waals surface area contributed by atoms with Crippen LogP contribution < -0.4 is 19.6 Å². The van der Waals surface area contributed by atoms with E-state index in [0.29, 0.717) is 33.4 Å². The molecule has 0 spiro atoms. The fraction of sp³-hybridized carbons (Fsp3) is 0.240. The number of fused-ring (bicyclic) bond motifs is 1. The van der Waals surface area contributed by atoms with Crippen LogP contribution in [0.4, 0.5) is 0 Å². The van der Waals surface area contributed by atoms with Gasteiger partial charge < -0.3 is 9.47 Å². The quantitative estimate of drug-likeness (QED) is 0.355. The van der Waals surface area contributed by atoms with Crippen molar-refractivity contribution in [3.05, 3.63) is 80.4 Å². The van der Waals surface area contributed by atoms with Crippen LogP contribution in [-0.4, -0.2) is 28.3 Å². The topological polar surface area (TPSA) is 65.7 Å². The molecule has 164 valence electrons. The van der Waals surface area contributed by atoms with Crippen molar-refractivity contribution in [3.63, 3.8) is 0 Å². The van der Waals surface area contributed by atoms with Crippen LogP contribution in [0.5, 0.6) is 11.5 Å². The van der Waals surface area contributed by atoms with Crippen LogP contribution >= 0.6 is 11.3 Å². The largest absolute Gasteiger partial charge is 0.493 e. The lowest BCUT2D eigenvalue weighted by molar-refractivity contribution is 0.286. The molecule has 2 aromatic heterocycles. The minimum atomic E-state index is -0.185. The summed E-state index contributed by atoms with van der Waals surface area (Å²) in [5.41, 5.74) is 1.72. The predicted molar refractivity (Wildman–Crippen MR) is 129 cm³/mol. The van der Waals surface area contributed by atoms with Gasteiger partial charge in [-0.2, -0.15) is 9.50 Å². The van der Waals surface area contributed by atoms with Crippen LogP contribution in [0.1, 0.15) is 43.1 Å². The van der Waals surface area contributed by atoms with Crippen molar-refractivity contribution in [1.82, 2.24) is 14.6 Å². The third-order valence-electron chi connectivity index (χ3n) is 4.91. The first-order chi connectivity index (χ1) is 15.7. The zero-order chi connectivity index (χ0) is 22.3. The maximum Gasteiger partial charge on any atom is 0.291 e. The lowest BCUT2D eigenvalue weighted by Crippen LogP contribution is -2.23. The maximum absolute atomic E-state index is 12.8. The summed E-state index contributed by atoms with van der Waals surface area (Å²) in [6.45, 7) is 2.82. The summed E-state index contributed by atoms with van der Waals surface area (Å²) in [5.74, 6) is 1.87. The number of aromatic nitrogens is 3. The van der Waals surface area contributed by atoms with Crippen molar-refractivity contribution in [3.8, 4) is 11.5 Å². The Bertz CT molecular complexity index is 1330. The molecule has 0 aliphatic carbocycles. The second-order valence-corrected chi connectivity index (χ2v) is 8.30. The highest BCUT2D eigenvalue weighted by atomic mass is 32.1. The summed E-state index contributed by atoms with van der Waals surface area (Å²) in [6, 6.07) is 15.6. The van der Waals surface area contributed by atoms with Crippen molar-refractivity contribution in [2.45, 2.75) is 26.2 Å². The molecule has 0 radical (unpaired) electrons. The highest BCUT2D eigenvalue weighted by Crippen LogP contribution is 2.28. The van der Waals surface area contributed by atoms with Crippen molar-refractivity contribution in [2.75, 3.05) is 13.7 Å². The number of methoxy groups -OCH3 is 1. The molecule has 7 heteroatoms. The summed E-state index contributed by atoms with van der Waals surface area (Å²) < 4.78 is 13.2. The molecule has 0 fully saturated rings. The Hall–Kier alpha value is -3.45. The van der Waals surface area contributed by atoms with Gasteiger partial charge in [0.1, 0.15) is 0 Å². The summed E-state index contributed by atoms with van der Waals surface area (Å²) in [5, 5.41) is 4.34. The minimum Gasteiger partial charge on any atom is -0.493 e. The Kier molecular flexibility index (Phi) is 6.97. The number of benzene rings is 2. The highest BCUT2D eigenvalue weighted by molar-refractivity contribution is 7.15. The van der Waals surface area contributed by atoms with E-state index in [2.05, 4.69) is 17.0 Å². The van der Waals surface area contributed by atoms with Gasteiger partial charge in [-0.05, 0) is 41.8 Å². The lowest BCUT2D eigenvalue weighted by Gasteiger charge is -2.11. The van der Waals surface area contributed by atoms with Gasteiger partial charge in [0.25, 0.3) is 5.56 Å². The van der Waals surface area contributed by atoms with E-state index in [1.807, 2.05) is 66.8 Å². The van der Waals surface area contributed by atoms with Gasteiger partial charge in [-0.15, -0.1) is 5.10 Å². The highest BCUT2D eigenvalue weighted by Gasteiger charge is 2.10. The second-order valence-electron chi connectivity index (χ2n) is 7.29. The smallest absolute Gasteiger partial charge is 0.291 e. The Morgan fingerprint density at radius 2 is 1.88 bits per heavy atom. The molecule has 0 N–H and O–H groups in total. The molecule has 0 bridgehead atoms. The van der Waals surface area contributed by atoms with Crippen LogP contribution in [0.3, 0.4) is 0 Å². The summed E-state index contributed by atoms with van der Waals surface area (Å²) in [6.07, 6.45) is 8.86. The van der Waals surface area contributed by atoms with Crippen LogP contribution in [0.15, 0.2) is 53.3 Å². The van der Waals surface area contributed by atoms with Crippen LogP contribution in [-0.2, 0) is 0 Å². The van der Waals surface area contributed by atoms with Crippen molar-refractivity contribution in [1.29, 1.82) is 0 Å². The minimum absolute atomic E-state index is 0.185. The van der Waals surface area contributed by atoms with E-state index in [1.54, 1.807) is 7.11 Å². The van der Waals surface area contributed by atoms with Gasteiger partial charge in [0.2, 0.25) is 4.96 Å². The molecule has 2 heterocycles. The van der Waals surface area contributed by atoms with Crippen molar-refractivity contribution in [2.24, 2.45) is 0 Å². The van der Waals surface area contributed by atoms with E-state index in [1.165, 1.54) is 15.9 Å². The zero-order valence-electron chi connectivity index (χ0n) is 18.2. The van der Waals surface area contributed by atoms with E-state index in [4.69, 9.17) is 9.47 Å². The SMILES string of the molecule is CCCCCOc1ccc(/C=c2\sc3nc(/C=C/c4ccccc4)nn3c2=O)cc1OC. The fourth-order valence-corrected chi connectivity index (χ4v) is 4.15. The molecule has 0 unspecified atom stereocenters. The van der Waals surface area contributed by atoms with Crippen LogP contribution in [0.25, 0.3) is 23.2 Å². The molecule has 0 saturated heterocycles. The van der Waals surface area contributed by atoms with Crippen molar-refractivity contribution >= 4 is 34.5 Å². The molecule has 2 aromatic carbocycles. The summed E-state index contributed by atoms with van der Waals surface area (Å²) >= 11 is 1.31. The molecule has 0 saturated carbocycles. The summed E-state index contributed by atoms with van der Waals surface area (Å²) in [4.78, 5) is 17.8. The van der Waals surface area contributed by atoms with Crippen LogP contribution in [0, 0.1) is 0 Å². The number of hydrogen-bond donors (Lipinski definition) is 0. The van der Waals surface area contributed by atoms with Gasteiger partial charge >= 0.3 is 0 Å². The maximum atomic E-state index is 12.8. The van der Waals surface area contributed by atoms with E-state index in [-0.39, 0.29) is 5.56 Å². The van der Waals surface area contributed by atoms with Gasteiger partial charge in [0, 0.05) is 0 Å². The number of unbranched alkanes of at least 4 members (excludes halogenated alkanes) is 2. The van der Waals surface area contributed by atoms with Gasteiger partial charge in [-0.3, -0.25) is 4.79 Å². The van der Waals surface area contributed by atoms with E-state index >= 15 is 0 Å². The molecule has 6 nitrogen and oxygen atoms in total. The molecule has 0 atom stereocenters. The zero-order valence-corrected chi connectivity index (χ0v) is 19.0. The Morgan fingerprint density at radius 1 is 1.03 bits per heavy atom. The fourth-order valence-electron chi connectivity index (χ4n) is 3.23. The molecule has 32 heavy (non-hydrogen) atoms. The number of thiazole rings is 1. The molecular formula is C25H25N3O3S. The number of nitrogens with zero attached hydrogens (tertiary/aromatic N) is 3. The van der Waals surface area contributed by atoms with E-state index in [9.17, 15) is 4.79 Å². The van der Waals surface area contributed by atoms with Gasteiger partial charge in [0.15, 0.2) is 17.3 Å². The Morgan fingerprint density at radius 3 is 2.62 bits per heavy atom. The van der Waals surface area contributed by atoms with Gasteiger partial charge in [-0.25, -0.2) is 0 Å². The molecule has 0 aliphatic rings. The molecule has 4 rings (SSSR count). The monoisotopic (exact) mass is 447 g/mol. The third kappa shape index (κ3) is 5.06. The molecular weight excluding hydrogens is 422 g/mol. The number of hydrogen-bond acceptors (Lipinski definition) is 6. The number of rotatable bonds is 9. The van der Waals surface area contributed by atoms with E-state index < -0.39 is 0 Å². The average molecular weight is 448 g/mol. The Labute approximate surface area is 190 Å². The van der Waals surface area contributed by atoms with Crippen LogP contribution in [0.2, 0.25) is 0 Å². The summed E-state index contributed by atoms with van der Waals surface area (Å²) in [7, 11) is 1.62. The molecule has 0 aliphatic heterocycles. The number of ether oxygens (including phenoxy) is 2. The molecule has 4 aromatic rings. The Balaban J connectivity index is 1.56. The van der Waals surface area contributed by atoms with E-state index in [0.717, 1.165) is 30.4 Å². The second kappa shape index (κ2) is 10.2. The molecule has 0 amide bonds.